The van der Waals surface area contributed by atoms with E-state index in [1.165, 1.54) is 23.1 Å². The summed E-state index contributed by atoms with van der Waals surface area (Å²) in [4.78, 5) is 37.4. The summed E-state index contributed by atoms with van der Waals surface area (Å²) in [5, 5.41) is 19.7. The van der Waals surface area contributed by atoms with Gasteiger partial charge in [0.15, 0.2) is 0 Å². The molecule has 3 rings (SSSR count). The minimum atomic E-state index is -1.02. The summed E-state index contributed by atoms with van der Waals surface area (Å²) < 4.78 is 13.9. The number of hydrogen-bond acceptors (Lipinski definition) is 4. The van der Waals surface area contributed by atoms with Gasteiger partial charge < -0.3 is 15.1 Å². The van der Waals surface area contributed by atoms with Crippen LogP contribution in [-0.4, -0.2) is 39.3 Å². The largest absolute Gasteiger partial charge is 0.507 e. The van der Waals surface area contributed by atoms with Gasteiger partial charge >= 0.3 is 5.97 Å². The second kappa shape index (κ2) is 8.26. The van der Waals surface area contributed by atoms with Crippen molar-refractivity contribution >= 4 is 23.4 Å². The number of aliphatic carboxylic acids is 1. The number of aliphatic hydroxyl groups excluding tert-OH is 1. The number of benzene rings is 2. The van der Waals surface area contributed by atoms with Gasteiger partial charge in [0.1, 0.15) is 11.6 Å². The van der Waals surface area contributed by atoms with Crippen LogP contribution in [0, 0.1) is 12.7 Å². The molecule has 2 N–H and O–H groups in total. The molecule has 0 aromatic heterocycles. The smallest absolute Gasteiger partial charge is 0.303 e. The number of amides is 1. The summed E-state index contributed by atoms with van der Waals surface area (Å²) in [7, 11) is 0. The first-order valence-corrected chi connectivity index (χ1v) is 9.12. The number of halogens is 1. The van der Waals surface area contributed by atoms with E-state index in [4.69, 9.17) is 5.11 Å². The molecule has 7 heteroatoms. The van der Waals surface area contributed by atoms with E-state index in [0.717, 1.165) is 5.56 Å². The lowest BCUT2D eigenvalue weighted by atomic mass is 9.95. The van der Waals surface area contributed by atoms with Crippen LogP contribution < -0.4 is 0 Å². The molecule has 1 fully saturated rings. The van der Waals surface area contributed by atoms with Crippen LogP contribution in [0.2, 0.25) is 0 Å². The SMILES string of the molecule is Cc1ccc(C(O)=C2C(=O)C(=O)N(CCCC(=O)O)C2c2cccc(F)c2)cc1. The Morgan fingerprint density at radius 3 is 2.41 bits per heavy atom. The van der Waals surface area contributed by atoms with E-state index in [1.807, 2.05) is 6.92 Å². The number of aliphatic hydroxyl groups is 1. The number of ketones is 1. The van der Waals surface area contributed by atoms with Crippen LogP contribution in [-0.2, 0) is 14.4 Å². The zero-order valence-corrected chi connectivity index (χ0v) is 15.8. The number of nitrogens with zero attached hydrogens (tertiary/aromatic N) is 1. The summed E-state index contributed by atoms with van der Waals surface area (Å²) in [5.74, 6) is -3.65. The molecule has 1 aliphatic heterocycles. The molecule has 1 aliphatic rings. The van der Waals surface area contributed by atoms with Crippen LogP contribution in [0.5, 0.6) is 0 Å². The van der Waals surface area contributed by atoms with E-state index < -0.39 is 29.5 Å². The number of Topliss-reactive ketones (excluding diaryl/α,β-unsaturated/α-hetero) is 1. The van der Waals surface area contributed by atoms with Crippen molar-refractivity contribution in [2.75, 3.05) is 6.54 Å². The third-order valence-corrected chi connectivity index (χ3v) is 4.82. The van der Waals surface area contributed by atoms with Gasteiger partial charge in [0.2, 0.25) is 0 Å². The predicted octanol–water partition coefficient (Wildman–Crippen LogP) is 3.42. The fourth-order valence-electron chi connectivity index (χ4n) is 3.40. The lowest BCUT2D eigenvalue weighted by Crippen LogP contribution is -2.31. The maximum Gasteiger partial charge on any atom is 0.303 e. The van der Waals surface area contributed by atoms with Gasteiger partial charge in [0.05, 0.1) is 11.6 Å². The standard InChI is InChI=1S/C22H20FNO5/c1-13-7-9-14(10-8-13)20(27)18-19(15-4-2-5-16(23)12-15)24(22(29)21(18)28)11-3-6-17(25)26/h2,4-5,7-10,12,19,27H,3,6,11H2,1H3,(H,25,26). The third-order valence-electron chi connectivity index (χ3n) is 4.82. The first-order valence-electron chi connectivity index (χ1n) is 9.12. The number of rotatable bonds is 6. The van der Waals surface area contributed by atoms with Crippen LogP contribution >= 0.6 is 0 Å². The normalized spacial score (nSPS) is 18.3. The molecule has 1 saturated heterocycles. The van der Waals surface area contributed by atoms with Crippen LogP contribution in [0.1, 0.15) is 35.6 Å². The molecule has 1 unspecified atom stereocenters. The number of carboxylic acid groups (broad SMARTS) is 1. The van der Waals surface area contributed by atoms with E-state index in [1.54, 1.807) is 30.3 Å². The fraction of sp³-hybridized carbons (Fsp3) is 0.227. The molecule has 2 aromatic rings. The topological polar surface area (TPSA) is 94.9 Å². The van der Waals surface area contributed by atoms with Crippen LogP contribution in [0.15, 0.2) is 54.1 Å². The lowest BCUT2D eigenvalue weighted by Gasteiger charge is -2.25. The highest BCUT2D eigenvalue weighted by Crippen LogP contribution is 2.39. The molecule has 1 atom stereocenters. The number of likely N-dealkylation sites (tertiary alicyclic amines) is 1. The Kier molecular flexibility index (Phi) is 5.77. The molecule has 1 amide bonds. The predicted molar refractivity (Wildman–Crippen MR) is 103 cm³/mol. The van der Waals surface area contributed by atoms with Gasteiger partial charge in [0, 0.05) is 18.5 Å². The number of hydrogen-bond donors (Lipinski definition) is 2. The van der Waals surface area contributed by atoms with Crippen LogP contribution in [0.25, 0.3) is 5.76 Å². The molecule has 0 bridgehead atoms. The summed E-state index contributed by atoms with van der Waals surface area (Å²) in [6.45, 7) is 1.86. The molecule has 29 heavy (non-hydrogen) atoms. The Morgan fingerprint density at radius 2 is 1.79 bits per heavy atom. The molecule has 0 radical (unpaired) electrons. The van der Waals surface area contributed by atoms with Gasteiger partial charge in [-0.05, 0) is 31.0 Å². The van der Waals surface area contributed by atoms with Crippen LogP contribution in [0.3, 0.4) is 0 Å². The van der Waals surface area contributed by atoms with Gasteiger partial charge in [-0.1, -0.05) is 42.0 Å². The summed E-state index contributed by atoms with van der Waals surface area (Å²) in [6.07, 6.45) is -0.0599. The van der Waals surface area contributed by atoms with Crippen molar-refractivity contribution in [3.63, 3.8) is 0 Å². The summed E-state index contributed by atoms with van der Waals surface area (Å²) in [5.41, 5.74) is 1.51. The van der Waals surface area contributed by atoms with E-state index >= 15 is 0 Å². The number of carbonyl (C=O) groups excluding carboxylic acids is 2. The van der Waals surface area contributed by atoms with E-state index in [0.29, 0.717) is 11.1 Å². The Balaban J connectivity index is 2.10. The third kappa shape index (κ3) is 4.18. The molecule has 1 heterocycles. The van der Waals surface area contributed by atoms with Crippen molar-refractivity contribution in [3.8, 4) is 0 Å². The lowest BCUT2D eigenvalue weighted by molar-refractivity contribution is -0.140. The second-order valence-corrected chi connectivity index (χ2v) is 6.91. The van der Waals surface area contributed by atoms with E-state index in [2.05, 4.69) is 0 Å². The van der Waals surface area contributed by atoms with E-state index in [9.17, 15) is 23.9 Å². The highest BCUT2D eigenvalue weighted by molar-refractivity contribution is 6.46. The van der Waals surface area contributed by atoms with Crippen molar-refractivity contribution in [2.45, 2.75) is 25.8 Å². The average Bonchev–Trinajstić information content (AvgIpc) is 2.93. The number of carboxylic acids is 1. The molecular weight excluding hydrogens is 377 g/mol. The highest BCUT2D eigenvalue weighted by Gasteiger charge is 2.45. The van der Waals surface area contributed by atoms with Gasteiger partial charge in [-0.3, -0.25) is 14.4 Å². The van der Waals surface area contributed by atoms with E-state index in [-0.39, 0.29) is 30.7 Å². The Hall–Kier alpha value is -3.48. The van der Waals surface area contributed by atoms with Crippen molar-refractivity contribution < 1.29 is 29.0 Å². The number of carbonyl (C=O) groups is 3. The quantitative estimate of drug-likeness (QED) is 0.442. The van der Waals surface area contributed by atoms with Gasteiger partial charge in [0.25, 0.3) is 11.7 Å². The minimum absolute atomic E-state index is 0.0112. The van der Waals surface area contributed by atoms with Crippen molar-refractivity contribution in [2.24, 2.45) is 0 Å². The Bertz CT molecular complexity index is 997. The molecular formula is C22H20FNO5. The van der Waals surface area contributed by atoms with Crippen molar-refractivity contribution in [3.05, 3.63) is 76.6 Å². The average molecular weight is 397 g/mol. The maximum absolute atomic E-state index is 13.9. The highest BCUT2D eigenvalue weighted by atomic mass is 19.1. The molecule has 0 aliphatic carbocycles. The zero-order chi connectivity index (χ0) is 21.1. The first kappa shape index (κ1) is 20.3. The maximum atomic E-state index is 13.9. The number of aryl methyl sites for hydroxylation is 1. The Labute approximate surface area is 166 Å². The summed E-state index contributed by atoms with van der Waals surface area (Å²) >= 11 is 0. The minimum Gasteiger partial charge on any atom is -0.507 e. The monoisotopic (exact) mass is 397 g/mol. The van der Waals surface area contributed by atoms with Gasteiger partial charge in [-0.25, -0.2) is 4.39 Å². The second-order valence-electron chi connectivity index (χ2n) is 6.91. The zero-order valence-electron chi connectivity index (χ0n) is 15.8. The first-order chi connectivity index (χ1) is 13.8. The van der Waals surface area contributed by atoms with Gasteiger partial charge in [-0.15, -0.1) is 0 Å². The Morgan fingerprint density at radius 1 is 1.10 bits per heavy atom. The van der Waals surface area contributed by atoms with Crippen LogP contribution in [0.4, 0.5) is 4.39 Å². The molecule has 2 aromatic carbocycles. The molecule has 150 valence electrons. The van der Waals surface area contributed by atoms with Crippen molar-refractivity contribution in [1.29, 1.82) is 0 Å². The molecule has 0 spiro atoms. The van der Waals surface area contributed by atoms with Gasteiger partial charge in [-0.2, -0.15) is 0 Å². The fourth-order valence-corrected chi connectivity index (χ4v) is 3.40. The molecule has 0 saturated carbocycles. The summed E-state index contributed by atoms with van der Waals surface area (Å²) in [6, 6.07) is 11.2. The molecule has 6 nitrogen and oxygen atoms in total. The van der Waals surface area contributed by atoms with Crippen molar-refractivity contribution in [1.82, 2.24) is 4.90 Å².